The number of carbonyl (C=O) groups is 1. The molecule has 2 heterocycles. The van der Waals surface area contributed by atoms with Crippen LogP contribution >= 0.6 is 0 Å². The molecule has 3 fully saturated rings. The van der Waals surface area contributed by atoms with Gasteiger partial charge in [0, 0.05) is 30.5 Å². The minimum absolute atomic E-state index is 0.0373. The summed E-state index contributed by atoms with van der Waals surface area (Å²) in [6, 6.07) is -0.00523. The molecule has 1 saturated carbocycles. The average molecular weight is 268 g/mol. The first kappa shape index (κ1) is 13.3. The third-order valence-corrected chi connectivity index (χ3v) is 5.00. The van der Waals surface area contributed by atoms with E-state index in [0.29, 0.717) is 18.6 Å². The normalized spacial score (nSPS) is 44.3. The molecule has 3 aliphatic rings. The van der Waals surface area contributed by atoms with Crippen LogP contribution in [0.4, 0.5) is 0 Å². The summed E-state index contributed by atoms with van der Waals surface area (Å²) in [6.07, 6.45) is 1.31. The molecule has 2 saturated heterocycles. The molecule has 0 aromatic rings. The van der Waals surface area contributed by atoms with E-state index in [-0.39, 0.29) is 29.5 Å². The van der Waals surface area contributed by atoms with Crippen LogP contribution in [0.25, 0.3) is 0 Å². The topological polar surface area (TPSA) is 59.6 Å². The average Bonchev–Trinajstić information content (AvgIpc) is 2.83. The first-order valence-electron chi connectivity index (χ1n) is 7.29. The molecule has 1 amide bonds. The van der Waals surface area contributed by atoms with Gasteiger partial charge in [0.1, 0.15) is 6.04 Å². The van der Waals surface area contributed by atoms with E-state index in [0.717, 1.165) is 19.6 Å². The molecule has 0 spiro atoms. The highest BCUT2D eigenvalue weighted by Crippen LogP contribution is 2.52. The molecule has 5 nitrogen and oxygen atoms in total. The molecule has 2 N–H and O–H groups in total. The van der Waals surface area contributed by atoms with Crippen molar-refractivity contribution in [1.82, 2.24) is 10.6 Å². The van der Waals surface area contributed by atoms with Crippen LogP contribution < -0.4 is 10.6 Å². The van der Waals surface area contributed by atoms with E-state index in [4.69, 9.17) is 9.47 Å². The van der Waals surface area contributed by atoms with Crippen molar-refractivity contribution in [2.75, 3.05) is 19.8 Å². The van der Waals surface area contributed by atoms with Gasteiger partial charge in [0.2, 0.25) is 5.91 Å². The first-order valence-corrected chi connectivity index (χ1v) is 7.29. The zero-order chi connectivity index (χ0) is 13.6. The number of fused-ring (bicyclic) bond motifs is 1. The molecule has 0 bridgehead atoms. The van der Waals surface area contributed by atoms with E-state index < -0.39 is 0 Å². The van der Waals surface area contributed by atoms with Crippen LogP contribution in [0.15, 0.2) is 0 Å². The highest BCUT2D eigenvalue weighted by Gasteiger charge is 2.60. The van der Waals surface area contributed by atoms with Gasteiger partial charge in [0.05, 0.1) is 18.8 Å². The number of carbonyl (C=O) groups excluding carboxylic acids is 1. The first-order chi connectivity index (χ1) is 9.01. The van der Waals surface area contributed by atoms with E-state index in [1.54, 1.807) is 0 Å². The van der Waals surface area contributed by atoms with Gasteiger partial charge < -0.3 is 20.1 Å². The summed E-state index contributed by atoms with van der Waals surface area (Å²) in [6.45, 7) is 8.55. The van der Waals surface area contributed by atoms with Crippen molar-refractivity contribution in [3.63, 3.8) is 0 Å². The van der Waals surface area contributed by atoms with Gasteiger partial charge in [-0.15, -0.1) is 0 Å². The van der Waals surface area contributed by atoms with Crippen LogP contribution in [0.1, 0.15) is 27.2 Å². The molecule has 2 aliphatic heterocycles. The monoisotopic (exact) mass is 268 g/mol. The largest absolute Gasteiger partial charge is 0.377 e. The molecule has 108 valence electrons. The van der Waals surface area contributed by atoms with Crippen LogP contribution in [0.2, 0.25) is 0 Å². The number of nitrogens with one attached hydrogen (secondary N) is 2. The third-order valence-electron chi connectivity index (χ3n) is 5.00. The molecule has 0 radical (unpaired) electrons. The van der Waals surface area contributed by atoms with Gasteiger partial charge in [-0.25, -0.2) is 0 Å². The maximum Gasteiger partial charge on any atom is 0.240 e. The van der Waals surface area contributed by atoms with E-state index in [1.807, 2.05) is 6.92 Å². The second kappa shape index (κ2) is 4.72. The summed E-state index contributed by atoms with van der Waals surface area (Å²) in [5.41, 5.74) is 0.0373. The molecule has 19 heavy (non-hydrogen) atoms. The van der Waals surface area contributed by atoms with Gasteiger partial charge in [0.25, 0.3) is 0 Å². The Balaban J connectivity index is 1.63. The molecule has 3 rings (SSSR count). The van der Waals surface area contributed by atoms with Gasteiger partial charge >= 0.3 is 0 Å². The third kappa shape index (κ3) is 2.08. The fraction of sp³-hybridized carbons (Fsp3) is 0.929. The summed E-state index contributed by atoms with van der Waals surface area (Å²) in [7, 11) is 0. The quantitative estimate of drug-likeness (QED) is 0.756. The highest BCUT2D eigenvalue weighted by atomic mass is 16.5. The number of ether oxygens (including phenoxy) is 2. The number of morpholine rings is 1. The predicted octanol–water partition coefficient (Wildman–Crippen LogP) is 0.293. The van der Waals surface area contributed by atoms with Gasteiger partial charge in [-0.1, -0.05) is 13.8 Å². The number of amides is 1. The lowest BCUT2D eigenvalue weighted by atomic mass is 9.57. The molecule has 1 aliphatic carbocycles. The van der Waals surface area contributed by atoms with Crippen molar-refractivity contribution in [2.45, 2.75) is 51.5 Å². The summed E-state index contributed by atoms with van der Waals surface area (Å²) in [5.74, 6) is 0.550. The summed E-state index contributed by atoms with van der Waals surface area (Å²) < 4.78 is 11.3. The van der Waals surface area contributed by atoms with E-state index >= 15 is 0 Å². The van der Waals surface area contributed by atoms with Gasteiger partial charge in [-0.2, -0.15) is 0 Å². The summed E-state index contributed by atoms with van der Waals surface area (Å²) in [5, 5.41) is 6.46. The number of hydrogen-bond acceptors (Lipinski definition) is 4. The molecular formula is C14H24N2O3. The lowest BCUT2D eigenvalue weighted by molar-refractivity contribution is -0.143. The highest BCUT2D eigenvalue weighted by molar-refractivity contribution is 5.83. The Morgan fingerprint density at radius 2 is 2.11 bits per heavy atom. The van der Waals surface area contributed by atoms with Crippen molar-refractivity contribution in [3.05, 3.63) is 0 Å². The Morgan fingerprint density at radius 3 is 2.84 bits per heavy atom. The fourth-order valence-corrected chi connectivity index (χ4v) is 3.89. The van der Waals surface area contributed by atoms with Crippen molar-refractivity contribution < 1.29 is 14.3 Å². The van der Waals surface area contributed by atoms with Gasteiger partial charge in [0.15, 0.2) is 0 Å². The standard InChI is InChI=1S/C14H24N2O3/c1-8-10(15-5-7-18-8)13(17)16-11-9-4-6-19-12(9)14(11,2)3/h8-12,15H,4-7H2,1-3H3,(H,16,17)/t8-,9?,10+,11?,12?/m1/s1. The summed E-state index contributed by atoms with van der Waals surface area (Å²) in [4.78, 5) is 12.4. The van der Waals surface area contributed by atoms with E-state index in [1.165, 1.54) is 0 Å². The second-order valence-corrected chi connectivity index (χ2v) is 6.56. The Labute approximate surface area is 114 Å². The van der Waals surface area contributed by atoms with Crippen LogP contribution in [0.5, 0.6) is 0 Å². The SMILES string of the molecule is C[C@H]1OCCN[C@@H]1C(=O)NC1C2CCOC2C1(C)C. The molecule has 0 aromatic carbocycles. The fourth-order valence-electron chi connectivity index (χ4n) is 3.89. The lowest BCUT2D eigenvalue weighted by Gasteiger charge is -2.55. The maximum absolute atomic E-state index is 12.4. The van der Waals surface area contributed by atoms with Crippen LogP contribution in [-0.2, 0) is 14.3 Å². The van der Waals surface area contributed by atoms with E-state index in [2.05, 4.69) is 24.5 Å². The zero-order valence-corrected chi connectivity index (χ0v) is 11.9. The smallest absolute Gasteiger partial charge is 0.240 e. The molecule has 5 heteroatoms. The lowest BCUT2D eigenvalue weighted by Crippen LogP contribution is -2.69. The second-order valence-electron chi connectivity index (χ2n) is 6.56. The van der Waals surface area contributed by atoms with E-state index in [9.17, 15) is 4.79 Å². The summed E-state index contributed by atoms with van der Waals surface area (Å²) >= 11 is 0. The Hall–Kier alpha value is -0.650. The van der Waals surface area contributed by atoms with Crippen molar-refractivity contribution in [2.24, 2.45) is 11.3 Å². The van der Waals surface area contributed by atoms with Crippen molar-refractivity contribution in [1.29, 1.82) is 0 Å². The minimum atomic E-state index is -0.231. The van der Waals surface area contributed by atoms with Crippen LogP contribution in [-0.4, -0.2) is 50.0 Å². The van der Waals surface area contributed by atoms with Crippen LogP contribution in [0.3, 0.4) is 0 Å². The number of hydrogen-bond donors (Lipinski definition) is 2. The van der Waals surface area contributed by atoms with Gasteiger partial charge in [-0.3, -0.25) is 4.79 Å². The van der Waals surface area contributed by atoms with Gasteiger partial charge in [-0.05, 0) is 13.3 Å². The molecule has 5 atom stereocenters. The Kier molecular flexibility index (Phi) is 3.31. The number of rotatable bonds is 2. The Morgan fingerprint density at radius 1 is 1.32 bits per heavy atom. The van der Waals surface area contributed by atoms with Crippen molar-refractivity contribution in [3.8, 4) is 0 Å². The maximum atomic E-state index is 12.4. The minimum Gasteiger partial charge on any atom is -0.377 e. The molecule has 0 aromatic heterocycles. The Bertz CT molecular complexity index is 372. The predicted molar refractivity (Wildman–Crippen MR) is 70.8 cm³/mol. The molecule has 3 unspecified atom stereocenters. The molecular weight excluding hydrogens is 244 g/mol. The van der Waals surface area contributed by atoms with Crippen LogP contribution in [0, 0.1) is 11.3 Å². The zero-order valence-electron chi connectivity index (χ0n) is 11.9. The van der Waals surface area contributed by atoms with Crippen molar-refractivity contribution >= 4 is 5.91 Å².